The second-order valence-corrected chi connectivity index (χ2v) is 3.05. The quantitative estimate of drug-likeness (QED) is 0.652. The second kappa shape index (κ2) is 5.05. The number of benzene rings is 1. The average Bonchev–Trinajstić information content (AvgIpc) is 2.26. The van der Waals surface area contributed by atoms with E-state index in [0.717, 1.165) is 5.69 Å². The highest BCUT2D eigenvalue weighted by Gasteiger charge is 2.00. The Kier molecular flexibility index (Phi) is 3.74. The van der Waals surface area contributed by atoms with Gasteiger partial charge in [-0.3, -0.25) is 4.79 Å². The predicted molar refractivity (Wildman–Crippen MR) is 60.7 cm³/mol. The number of hydrogen-bond acceptors (Lipinski definition) is 3. The van der Waals surface area contributed by atoms with Crippen LogP contribution in [0.3, 0.4) is 0 Å². The van der Waals surface area contributed by atoms with Crippen LogP contribution in [0.5, 0.6) is 0 Å². The molecule has 1 amide bonds. The summed E-state index contributed by atoms with van der Waals surface area (Å²) in [6, 6.07) is 7.07. The van der Waals surface area contributed by atoms with Crippen LogP contribution in [0, 0.1) is 0 Å². The van der Waals surface area contributed by atoms with Crippen LogP contribution in [0.15, 0.2) is 30.8 Å². The molecule has 0 heterocycles. The number of nitrogens with one attached hydrogen (secondary N) is 2. The number of carbonyl (C=O) groups excluding carboxylic acids is 1. The first-order chi connectivity index (χ1) is 7.13. The Morgan fingerprint density at radius 1 is 1.53 bits per heavy atom. The van der Waals surface area contributed by atoms with Crippen molar-refractivity contribution in [2.24, 2.45) is 0 Å². The topological polar surface area (TPSA) is 61.4 Å². The summed E-state index contributed by atoms with van der Waals surface area (Å²) in [6.07, 6.45) is 0. The van der Waals surface area contributed by atoms with Crippen molar-refractivity contribution >= 4 is 17.4 Å². The summed E-state index contributed by atoms with van der Waals surface area (Å²) in [5.74, 6) is -0.0816. The molecule has 0 bridgehead atoms. The van der Waals surface area contributed by atoms with Crippen LogP contribution in [-0.4, -0.2) is 24.6 Å². The number of anilines is 1. The molecule has 15 heavy (non-hydrogen) atoms. The minimum atomic E-state index is -0.0942. The minimum absolute atomic E-state index is 0.0126. The summed E-state index contributed by atoms with van der Waals surface area (Å²) in [7, 11) is 1.58. The Balaban J connectivity index is 2.66. The minimum Gasteiger partial charge on any atom is -0.508 e. The van der Waals surface area contributed by atoms with Gasteiger partial charge in [-0.2, -0.15) is 0 Å². The fourth-order valence-corrected chi connectivity index (χ4v) is 1.08. The Bertz CT molecular complexity index is 375. The highest BCUT2D eigenvalue weighted by molar-refractivity contribution is 5.80. The summed E-state index contributed by atoms with van der Waals surface area (Å²) >= 11 is 0. The van der Waals surface area contributed by atoms with Gasteiger partial charge in [0, 0.05) is 18.3 Å². The highest BCUT2D eigenvalue weighted by atomic mass is 16.3. The summed E-state index contributed by atoms with van der Waals surface area (Å²) in [4.78, 5) is 11.0. The van der Waals surface area contributed by atoms with Gasteiger partial charge in [0.1, 0.15) is 5.76 Å². The number of aliphatic hydroxyl groups is 1. The van der Waals surface area contributed by atoms with E-state index in [1.807, 2.05) is 6.07 Å². The van der Waals surface area contributed by atoms with Gasteiger partial charge in [0.05, 0.1) is 6.54 Å². The molecular weight excluding hydrogens is 192 g/mol. The molecule has 0 fully saturated rings. The molecule has 1 rings (SSSR count). The number of carbonyl (C=O) groups is 1. The van der Waals surface area contributed by atoms with Crippen LogP contribution in [0.2, 0.25) is 0 Å². The fraction of sp³-hybridized carbons (Fsp3) is 0.182. The van der Waals surface area contributed by atoms with Crippen molar-refractivity contribution in [2.45, 2.75) is 0 Å². The van der Waals surface area contributed by atoms with Gasteiger partial charge in [-0.1, -0.05) is 18.7 Å². The zero-order chi connectivity index (χ0) is 11.3. The summed E-state index contributed by atoms with van der Waals surface area (Å²) < 4.78 is 0. The van der Waals surface area contributed by atoms with Crippen molar-refractivity contribution in [2.75, 3.05) is 18.9 Å². The lowest BCUT2D eigenvalue weighted by molar-refractivity contribution is -0.118. The summed E-state index contributed by atoms with van der Waals surface area (Å²) in [5.41, 5.74) is 1.41. The maximum atomic E-state index is 11.0. The van der Waals surface area contributed by atoms with Gasteiger partial charge in [-0.05, 0) is 12.1 Å². The van der Waals surface area contributed by atoms with Gasteiger partial charge >= 0.3 is 0 Å². The molecule has 1 aromatic rings. The molecule has 0 atom stereocenters. The number of aliphatic hydroxyl groups excluding tert-OH is 1. The predicted octanol–water partition coefficient (Wildman–Crippen LogP) is 1.37. The van der Waals surface area contributed by atoms with Gasteiger partial charge in [0.25, 0.3) is 0 Å². The second-order valence-electron chi connectivity index (χ2n) is 3.05. The van der Waals surface area contributed by atoms with Crippen molar-refractivity contribution in [3.05, 3.63) is 36.4 Å². The van der Waals surface area contributed by atoms with Crippen molar-refractivity contribution in [1.82, 2.24) is 5.32 Å². The molecule has 4 nitrogen and oxygen atoms in total. The Hall–Kier alpha value is -1.97. The van der Waals surface area contributed by atoms with E-state index in [2.05, 4.69) is 17.2 Å². The van der Waals surface area contributed by atoms with E-state index in [4.69, 9.17) is 0 Å². The molecule has 0 aliphatic rings. The lowest BCUT2D eigenvalue weighted by atomic mass is 10.2. The zero-order valence-corrected chi connectivity index (χ0v) is 8.58. The standard InChI is InChI=1S/C11H14N2O2/c1-8(14)9-4-3-5-10(6-9)13-7-11(15)12-2/h3-6,13-14H,1,7H2,2H3,(H,12,15). The SMILES string of the molecule is C=C(O)c1cccc(NCC(=O)NC)c1. The molecule has 0 radical (unpaired) electrons. The van der Waals surface area contributed by atoms with E-state index in [0.29, 0.717) is 5.56 Å². The molecule has 0 unspecified atom stereocenters. The molecule has 1 aromatic carbocycles. The molecule has 0 aromatic heterocycles. The molecule has 0 aliphatic carbocycles. The van der Waals surface area contributed by atoms with Crippen LogP contribution in [0.1, 0.15) is 5.56 Å². The lowest BCUT2D eigenvalue weighted by Gasteiger charge is -2.06. The molecule has 80 valence electrons. The number of rotatable bonds is 4. The monoisotopic (exact) mass is 206 g/mol. The van der Waals surface area contributed by atoms with E-state index in [1.54, 1.807) is 25.2 Å². The summed E-state index contributed by atoms with van der Waals surface area (Å²) in [5, 5.41) is 14.6. The Labute approximate surface area is 88.6 Å². The molecule has 4 heteroatoms. The van der Waals surface area contributed by atoms with Gasteiger partial charge < -0.3 is 15.7 Å². The Morgan fingerprint density at radius 2 is 2.27 bits per heavy atom. The maximum Gasteiger partial charge on any atom is 0.239 e. The molecule has 0 spiro atoms. The molecule has 3 N–H and O–H groups in total. The van der Waals surface area contributed by atoms with Crippen molar-refractivity contribution in [3.8, 4) is 0 Å². The van der Waals surface area contributed by atoms with Gasteiger partial charge in [-0.25, -0.2) is 0 Å². The number of likely N-dealkylation sites (N-methyl/N-ethyl adjacent to an activating group) is 1. The maximum absolute atomic E-state index is 11.0. The summed E-state index contributed by atoms with van der Waals surface area (Å²) in [6.45, 7) is 3.63. The van der Waals surface area contributed by atoms with Crippen LogP contribution >= 0.6 is 0 Å². The van der Waals surface area contributed by atoms with E-state index >= 15 is 0 Å². The molecule has 0 saturated carbocycles. The van der Waals surface area contributed by atoms with E-state index < -0.39 is 0 Å². The van der Waals surface area contributed by atoms with Crippen molar-refractivity contribution < 1.29 is 9.90 Å². The van der Waals surface area contributed by atoms with E-state index in [9.17, 15) is 9.90 Å². The normalized spacial score (nSPS) is 9.40. The lowest BCUT2D eigenvalue weighted by Crippen LogP contribution is -2.26. The number of hydrogen-bond donors (Lipinski definition) is 3. The third-order valence-electron chi connectivity index (χ3n) is 1.93. The number of amides is 1. The van der Waals surface area contributed by atoms with Crippen molar-refractivity contribution in [3.63, 3.8) is 0 Å². The van der Waals surface area contributed by atoms with Gasteiger partial charge in [0.2, 0.25) is 5.91 Å². The van der Waals surface area contributed by atoms with Crippen LogP contribution < -0.4 is 10.6 Å². The molecular formula is C11H14N2O2. The first-order valence-corrected chi connectivity index (χ1v) is 4.56. The highest BCUT2D eigenvalue weighted by Crippen LogP contribution is 2.14. The van der Waals surface area contributed by atoms with E-state index in [1.165, 1.54) is 0 Å². The Morgan fingerprint density at radius 3 is 2.87 bits per heavy atom. The van der Waals surface area contributed by atoms with Crippen LogP contribution in [0.25, 0.3) is 5.76 Å². The van der Waals surface area contributed by atoms with Crippen molar-refractivity contribution in [1.29, 1.82) is 0 Å². The smallest absolute Gasteiger partial charge is 0.239 e. The largest absolute Gasteiger partial charge is 0.508 e. The third-order valence-corrected chi connectivity index (χ3v) is 1.93. The van der Waals surface area contributed by atoms with Gasteiger partial charge in [0.15, 0.2) is 0 Å². The molecule has 0 aliphatic heterocycles. The van der Waals surface area contributed by atoms with Crippen LogP contribution in [-0.2, 0) is 4.79 Å². The average molecular weight is 206 g/mol. The van der Waals surface area contributed by atoms with Crippen LogP contribution in [0.4, 0.5) is 5.69 Å². The van der Waals surface area contributed by atoms with E-state index in [-0.39, 0.29) is 18.2 Å². The zero-order valence-electron chi connectivity index (χ0n) is 8.58. The fourth-order valence-electron chi connectivity index (χ4n) is 1.08. The molecule has 0 saturated heterocycles. The third kappa shape index (κ3) is 3.34. The first-order valence-electron chi connectivity index (χ1n) is 4.56. The first kappa shape index (κ1) is 11.1. The van der Waals surface area contributed by atoms with Gasteiger partial charge in [-0.15, -0.1) is 0 Å².